The van der Waals surface area contributed by atoms with Gasteiger partial charge in [0.1, 0.15) is 0 Å². The first kappa shape index (κ1) is 32.2. The molecule has 252 valence electrons. The molecule has 0 saturated heterocycles. The second-order valence-corrected chi connectivity index (χ2v) is 13.9. The summed E-state index contributed by atoms with van der Waals surface area (Å²) in [6, 6.07) is 70.8. The van der Waals surface area contributed by atoms with Crippen molar-refractivity contribution in [3.63, 3.8) is 0 Å². The van der Waals surface area contributed by atoms with Gasteiger partial charge < -0.3 is 4.90 Å². The van der Waals surface area contributed by atoms with Crippen LogP contribution in [0.3, 0.4) is 0 Å². The van der Waals surface area contributed by atoms with E-state index in [9.17, 15) is 0 Å². The second-order valence-electron chi connectivity index (χ2n) is 13.9. The van der Waals surface area contributed by atoms with Crippen molar-refractivity contribution in [2.75, 3.05) is 4.90 Å². The van der Waals surface area contributed by atoms with Crippen LogP contribution in [-0.2, 0) is 0 Å². The van der Waals surface area contributed by atoms with Crippen LogP contribution >= 0.6 is 0 Å². The second kappa shape index (κ2) is 13.8. The van der Waals surface area contributed by atoms with Crippen LogP contribution < -0.4 is 4.90 Å². The fraction of sp³-hybridized carbons (Fsp3) is 0.0385. The predicted molar refractivity (Wildman–Crippen MR) is 220 cm³/mol. The molecule has 1 aliphatic carbocycles. The van der Waals surface area contributed by atoms with Crippen LogP contribution in [0, 0.1) is 55.6 Å². The van der Waals surface area contributed by atoms with Crippen LogP contribution in [-0.4, -0.2) is 0 Å². The van der Waals surface area contributed by atoms with Gasteiger partial charge >= 0.3 is 0 Å². The zero-order valence-electron chi connectivity index (χ0n) is 30.0. The zero-order valence-corrected chi connectivity index (χ0v) is 30.0. The number of benzene rings is 8. The summed E-state index contributed by atoms with van der Waals surface area (Å²) in [7, 11) is 0. The molecule has 0 fully saturated rings. The van der Waals surface area contributed by atoms with Gasteiger partial charge in [-0.1, -0.05) is 169 Å². The normalized spacial score (nSPS) is 11.7. The Hall–Kier alpha value is -6.70. The predicted octanol–water partition coefficient (Wildman–Crippen LogP) is 12.8. The van der Waals surface area contributed by atoms with Crippen LogP contribution in [0.15, 0.2) is 194 Å². The van der Waals surface area contributed by atoms with E-state index in [1.165, 1.54) is 69.6 Å². The molecule has 0 atom stereocenters. The Balaban J connectivity index is 1.27. The summed E-state index contributed by atoms with van der Waals surface area (Å²) in [4.78, 5) is 2.38. The van der Waals surface area contributed by atoms with Crippen LogP contribution in [0.1, 0.15) is 27.8 Å². The van der Waals surface area contributed by atoms with Crippen LogP contribution in [0.2, 0.25) is 0 Å². The van der Waals surface area contributed by atoms with Crippen molar-refractivity contribution < 1.29 is 0 Å². The maximum absolute atomic E-state index is 2.39. The molecule has 0 aliphatic heterocycles. The molecule has 0 spiro atoms. The number of aryl methyl sites for hydroxylation is 2. The average molecular weight is 678 g/mol. The largest absolute Gasteiger partial charge is 0.310 e. The van der Waals surface area contributed by atoms with Crippen molar-refractivity contribution in [3.8, 4) is 0 Å². The minimum Gasteiger partial charge on any atom is -0.310 e. The summed E-state index contributed by atoms with van der Waals surface area (Å²) in [5.74, 6) is 0. The Morgan fingerprint density at radius 1 is 0.340 bits per heavy atom. The molecule has 0 radical (unpaired) electrons. The Morgan fingerprint density at radius 2 is 0.717 bits per heavy atom. The van der Waals surface area contributed by atoms with Gasteiger partial charge in [0.2, 0.25) is 0 Å². The molecule has 0 heterocycles. The van der Waals surface area contributed by atoms with E-state index >= 15 is 0 Å². The highest BCUT2D eigenvalue weighted by molar-refractivity contribution is 5.91. The number of fused-ring (bicyclic) bond motifs is 4. The maximum atomic E-state index is 2.39. The van der Waals surface area contributed by atoms with Gasteiger partial charge in [-0.25, -0.2) is 0 Å². The molecule has 1 aliphatic rings. The molecule has 0 N–H and O–H groups in total. The SMILES string of the molecule is Cc1ccc(C(=Cc2ccc(N(c3ccc(C)cc3)c3ccc4c(c3)=c3ccccc3=c3ccccc3=c3ccccc3=4)cc2)c2ccccc2)cc1. The standard InChI is InChI=1S/C52H39N/c1-36-20-26-40(27-21-36)51(39-12-4-3-5-13-39)34-38-24-30-42(31-25-38)53(41-28-22-37(2)23-29-41)43-32-33-50-48-18-9-8-16-46(48)44-14-6-7-15-45(44)47-17-10-11-19-49(47)52(50)35-43/h3-35H,1-2H3. The lowest BCUT2D eigenvalue weighted by molar-refractivity contribution is 1.24. The van der Waals surface area contributed by atoms with Crippen molar-refractivity contribution in [2.45, 2.75) is 13.8 Å². The fourth-order valence-corrected chi connectivity index (χ4v) is 7.70. The van der Waals surface area contributed by atoms with E-state index in [1.54, 1.807) is 0 Å². The zero-order chi connectivity index (χ0) is 35.7. The van der Waals surface area contributed by atoms with Crippen molar-refractivity contribution in [3.05, 3.63) is 264 Å². The molecule has 0 unspecified atom stereocenters. The van der Waals surface area contributed by atoms with E-state index in [4.69, 9.17) is 0 Å². The lowest BCUT2D eigenvalue weighted by atomic mass is 9.95. The minimum atomic E-state index is 1.10. The molecule has 8 aromatic carbocycles. The Labute approximate surface area is 310 Å². The molecule has 1 nitrogen and oxygen atoms in total. The van der Waals surface area contributed by atoms with E-state index in [2.05, 4.69) is 219 Å². The third-order valence-electron chi connectivity index (χ3n) is 10.4. The minimum absolute atomic E-state index is 1.10. The number of nitrogens with zero attached hydrogens (tertiary/aromatic N) is 1. The quantitative estimate of drug-likeness (QED) is 0.158. The topological polar surface area (TPSA) is 3.24 Å². The molecule has 0 aromatic heterocycles. The van der Waals surface area contributed by atoms with Crippen LogP contribution in [0.25, 0.3) is 11.6 Å². The summed E-state index contributed by atoms with van der Waals surface area (Å²) in [6.45, 7) is 4.28. The highest BCUT2D eigenvalue weighted by Gasteiger charge is 2.14. The third-order valence-corrected chi connectivity index (χ3v) is 10.4. The Morgan fingerprint density at radius 3 is 1.23 bits per heavy atom. The molecule has 0 saturated carbocycles. The summed E-state index contributed by atoms with van der Waals surface area (Å²) < 4.78 is 0. The maximum Gasteiger partial charge on any atom is 0.0468 e. The first-order valence-corrected chi connectivity index (χ1v) is 18.3. The van der Waals surface area contributed by atoms with Gasteiger partial charge in [0.05, 0.1) is 0 Å². The van der Waals surface area contributed by atoms with E-state index in [0.717, 1.165) is 22.6 Å². The molecule has 0 amide bonds. The highest BCUT2D eigenvalue weighted by Crippen LogP contribution is 2.36. The smallest absolute Gasteiger partial charge is 0.0468 e. The molecule has 8 aromatic rings. The molecular weight excluding hydrogens is 639 g/mol. The molecule has 53 heavy (non-hydrogen) atoms. The molecule has 0 bridgehead atoms. The van der Waals surface area contributed by atoms with E-state index in [1.807, 2.05) is 0 Å². The van der Waals surface area contributed by atoms with Gasteiger partial charge in [0, 0.05) is 17.1 Å². The summed E-state index contributed by atoms with van der Waals surface area (Å²) >= 11 is 0. The monoisotopic (exact) mass is 677 g/mol. The molecule has 9 rings (SSSR count). The molecular formula is C52H39N. The molecule has 1 heteroatoms. The van der Waals surface area contributed by atoms with Gasteiger partial charge in [0.15, 0.2) is 0 Å². The van der Waals surface area contributed by atoms with Gasteiger partial charge in [-0.2, -0.15) is 0 Å². The van der Waals surface area contributed by atoms with E-state index < -0.39 is 0 Å². The third kappa shape index (κ3) is 6.17. The summed E-state index contributed by atoms with van der Waals surface area (Å²) in [6.07, 6.45) is 2.30. The van der Waals surface area contributed by atoms with Crippen molar-refractivity contribution in [1.82, 2.24) is 0 Å². The van der Waals surface area contributed by atoms with Gasteiger partial charge in [-0.3, -0.25) is 0 Å². The fourth-order valence-electron chi connectivity index (χ4n) is 7.70. The van der Waals surface area contributed by atoms with Gasteiger partial charge in [0.25, 0.3) is 0 Å². The van der Waals surface area contributed by atoms with Crippen molar-refractivity contribution >= 4 is 28.7 Å². The Kier molecular flexibility index (Phi) is 8.38. The van der Waals surface area contributed by atoms with E-state index in [-0.39, 0.29) is 0 Å². The number of anilines is 3. The van der Waals surface area contributed by atoms with Gasteiger partial charge in [-0.05, 0) is 120 Å². The van der Waals surface area contributed by atoms with Gasteiger partial charge in [-0.15, -0.1) is 0 Å². The summed E-state index contributed by atoms with van der Waals surface area (Å²) in [5.41, 5.74) is 10.6. The first-order chi connectivity index (χ1) is 26.1. The lowest BCUT2D eigenvalue weighted by Gasteiger charge is -2.26. The lowest BCUT2D eigenvalue weighted by Crippen LogP contribution is -2.10. The first-order valence-electron chi connectivity index (χ1n) is 18.3. The number of rotatable bonds is 6. The summed E-state index contributed by atoms with van der Waals surface area (Å²) in [5, 5.41) is 9.96. The Bertz CT molecular complexity index is 3030. The number of hydrogen-bond donors (Lipinski definition) is 0. The van der Waals surface area contributed by atoms with Crippen LogP contribution in [0.4, 0.5) is 17.1 Å². The highest BCUT2D eigenvalue weighted by atomic mass is 15.1. The average Bonchev–Trinajstić information content (AvgIpc) is 3.21. The van der Waals surface area contributed by atoms with Crippen molar-refractivity contribution in [1.29, 1.82) is 0 Å². The van der Waals surface area contributed by atoms with Crippen LogP contribution in [0.5, 0.6) is 0 Å². The number of hydrogen-bond acceptors (Lipinski definition) is 1. The van der Waals surface area contributed by atoms with E-state index in [0.29, 0.717) is 0 Å². The van der Waals surface area contributed by atoms with Crippen molar-refractivity contribution in [2.24, 2.45) is 0 Å².